The second-order valence-corrected chi connectivity index (χ2v) is 5.87. The van der Waals surface area contributed by atoms with Gasteiger partial charge in [0.25, 0.3) is 0 Å². The lowest BCUT2D eigenvalue weighted by Gasteiger charge is -2.05. The number of hydrogen-bond donors (Lipinski definition) is 1. The number of imidazole rings is 1. The topological polar surface area (TPSA) is 37.9 Å². The van der Waals surface area contributed by atoms with Gasteiger partial charge in [-0.05, 0) is 36.4 Å². The molecule has 2 aromatic carbocycles. The second kappa shape index (κ2) is 7.18. The minimum Gasteiger partial charge on any atom is -0.494 e. The minimum absolute atomic E-state index is 0.761. The Hall–Kier alpha value is -1.94. The molecule has 3 nitrogen and oxygen atoms in total. The van der Waals surface area contributed by atoms with Crippen molar-refractivity contribution in [3.8, 4) is 5.75 Å². The molecular formula is C17H18N2OS. The first-order valence-electron chi connectivity index (χ1n) is 7.11. The van der Waals surface area contributed by atoms with Crippen LogP contribution in [0.2, 0.25) is 0 Å². The first-order valence-corrected chi connectivity index (χ1v) is 8.26. The molecule has 0 spiro atoms. The summed E-state index contributed by atoms with van der Waals surface area (Å²) in [6.45, 7) is 0.761. The maximum Gasteiger partial charge on any atom is 0.119 e. The summed E-state index contributed by atoms with van der Waals surface area (Å²) >= 11 is 1.88. The molecule has 1 aromatic heterocycles. The maximum atomic E-state index is 5.67. The normalized spacial score (nSPS) is 10.9. The van der Waals surface area contributed by atoms with Crippen molar-refractivity contribution in [2.45, 2.75) is 12.2 Å². The molecule has 4 heteroatoms. The van der Waals surface area contributed by atoms with Gasteiger partial charge < -0.3 is 9.72 Å². The van der Waals surface area contributed by atoms with Gasteiger partial charge in [-0.25, -0.2) is 4.98 Å². The lowest BCUT2D eigenvalue weighted by atomic mass is 10.3. The molecule has 1 heterocycles. The van der Waals surface area contributed by atoms with Crippen molar-refractivity contribution in [2.24, 2.45) is 0 Å². The summed E-state index contributed by atoms with van der Waals surface area (Å²) in [4.78, 5) is 7.92. The third-order valence-electron chi connectivity index (χ3n) is 3.12. The van der Waals surface area contributed by atoms with Crippen molar-refractivity contribution in [1.29, 1.82) is 0 Å². The molecule has 108 valence electrons. The van der Waals surface area contributed by atoms with Crippen LogP contribution in [0.15, 0.2) is 54.6 Å². The van der Waals surface area contributed by atoms with E-state index in [-0.39, 0.29) is 0 Å². The Balaban J connectivity index is 1.36. The van der Waals surface area contributed by atoms with Crippen molar-refractivity contribution >= 4 is 22.8 Å². The van der Waals surface area contributed by atoms with E-state index in [1.54, 1.807) is 0 Å². The predicted molar refractivity (Wildman–Crippen MR) is 88.8 cm³/mol. The molecule has 0 atom stereocenters. The van der Waals surface area contributed by atoms with Crippen LogP contribution in [0.1, 0.15) is 12.2 Å². The number of para-hydroxylation sites is 3. The Morgan fingerprint density at radius 2 is 1.81 bits per heavy atom. The fraction of sp³-hybridized carbons (Fsp3) is 0.235. The number of aromatic nitrogens is 2. The van der Waals surface area contributed by atoms with Crippen LogP contribution in [0.5, 0.6) is 5.75 Å². The van der Waals surface area contributed by atoms with Gasteiger partial charge >= 0.3 is 0 Å². The minimum atomic E-state index is 0.761. The third kappa shape index (κ3) is 4.02. The van der Waals surface area contributed by atoms with E-state index in [2.05, 4.69) is 16.0 Å². The van der Waals surface area contributed by atoms with Crippen molar-refractivity contribution < 1.29 is 4.74 Å². The zero-order chi connectivity index (χ0) is 14.3. The highest BCUT2D eigenvalue weighted by Crippen LogP contribution is 2.16. The number of nitrogens with zero attached hydrogens (tertiary/aromatic N) is 1. The van der Waals surface area contributed by atoms with Crippen LogP contribution in [0, 0.1) is 0 Å². The van der Waals surface area contributed by atoms with Gasteiger partial charge in [-0.3, -0.25) is 0 Å². The largest absolute Gasteiger partial charge is 0.494 e. The molecule has 0 saturated heterocycles. The van der Waals surface area contributed by atoms with E-state index >= 15 is 0 Å². The standard InChI is InChI=1S/C17H18N2OS/c1-2-7-14(8-3-1)20-11-6-12-21-13-17-18-15-9-4-5-10-16(15)19-17/h1-5,7-10H,6,11-13H2,(H,18,19). The van der Waals surface area contributed by atoms with E-state index in [4.69, 9.17) is 4.74 Å². The number of H-pyrrole nitrogens is 1. The molecule has 21 heavy (non-hydrogen) atoms. The lowest BCUT2D eigenvalue weighted by Crippen LogP contribution is -1.98. The van der Waals surface area contributed by atoms with Gasteiger partial charge in [-0.2, -0.15) is 11.8 Å². The van der Waals surface area contributed by atoms with Crippen LogP contribution in [-0.2, 0) is 5.75 Å². The molecule has 0 saturated carbocycles. The van der Waals surface area contributed by atoms with Crippen LogP contribution in [-0.4, -0.2) is 22.3 Å². The number of thioether (sulfide) groups is 1. The average Bonchev–Trinajstić information content (AvgIpc) is 2.94. The van der Waals surface area contributed by atoms with Gasteiger partial charge in [0.05, 0.1) is 23.4 Å². The summed E-state index contributed by atoms with van der Waals surface area (Å²) in [5.41, 5.74) is 2.15. The van der Waals surface area contributed by atoms with E-state index in [1.807, 2.05) is 60.3 Å². The number of nitrogens with one attached hydrogen (secondary N) is 1. The number of fused-ring (bicyclic) bond motifs is 1. The van der Waals surface area contributed by atoms with Gasteiger partial charge in [0.15, 0.2) is 0 Å². The molecule has 1 N–H and O–H groups in total. The average molecular weight is 298 g/mol. The summed E-state index contributed by atoms with van der Waals surface area (Å²) in [5, 5.41) is 0. The molecule has 0 unspecified atom stereocenters. The molecule has 0 aliphatic heterocycles. The van der Waals surface area contributed by atoms with Crippen LogP contribution >= 0.6 is 11.8 Å². The fourth-order valence-corrected chi connectivity index (χ4v) is 2.91. The monoisotopic (exact) mass is 298 g/mol. The molecule has 3 rings (SSSR count). The quantitative estimate of drug-likeness (QED) is 0.662. The summed E-state index contributed by atoms with van der Waals surface area (Å²) in [6.07, 6.45) is 1.04. The van der Waals surface area contributed by atoms with Crippen LogP contribution in [0.4, 0.5) is 0 Å². The molecule has 0 amide bonds. The molecule has 0 aliphatic rings. The highest BCUT2D eigenvalue weighted by molar-refractivity contribution is 7.98. The van der Waals surface area contributed by atoms with E-state index in [0.717, 1.165) is 47.1 Å². The zero-order valence-corrected chi connectivity index (χ0v) is 12.6. The molecule has 0 radical (unpaired) electrons. The van der Waals surface area contributed by atoms with Crippen LogP contribution in [0.25, 0.3) is 11.0 Å². The Morgan fingerprint density at radius 1 is 1.00 bits per heavy atom. The molecule has 0 bridgehead atoms. The van der Waals surface area contributed by atoms with Gasteiger partial charge in [0.2, 0.25) is 0 Å². The van der Waals surface area contributed by atoms with Gasteiger partial charge in [0.1, 0.15) is 11.6 Å². The van der Waals surface area contributed by atoms with E-state index in [9.17, 15) is 0 Å². The summed E-state index contributed by atoms with van der Waals surface area (Å²) in [7, 11) is 0. The summed E-state index contributed by atoms with van der Waals surface area (Å²) in [5.74, 6) is 3.98. The zero-order valence-electron chi connectivity index (χ0n) is 11.8. The van der Waals surface area contributed by atoms with Crippen molar-refractivity contribution in [3.63, 3.8) is 0 Å². The Labute approximate surface area is 128 Å². The maximum absolute atomic E-state index is 5.67. The van der Waals surface area contributed by atoms with Crippen LogP contribution in [0.3, 0.4) is 0 Å². The van der Waals surface area contributed by atoms with Crippen LogP contribution < -0.4 is 4.74 Å². The second-order valence-electron chi connectivity index (χ2n) is 4.77. The van der Waals surface area contributed by atoms with Crippen molar-refractivity contribution in [2.75, 3.05) is 12.4 Å². The first kappa shape index (κ1) is 14.0. The van der Waals surface area contributed by atoms with Gasteiger partial charge in [-0.1, -0.05) is 30.3 Å². The molecular weight excluding hydrogens is 280 g/mol. The number of ether oxygens (including phenoxy) is 1. The SMILES string of the molecule is c1ccc(OCCCSCc2nc3ccccc3[nH]2)cc1. The van der Waals surface area contributed by atoms with Gasteiger partial charge in [-0.15, -0.1) is 0 Å². The first-order chi connectivity index (χ1) is 10.4. The Bertz CT molecular complexity index is 648. The highest BCUT2D eigenvalue weighted by Gasteiger charge is 2.01. The number of hydrogen-bond acceptors (Lipinski definition) is 3. The molecule has 0 fully saturated rings. The predicted octanol–water partition coefficient (Wildman–Crippen LogP) is 4.27. The lowest BCUT2D eigenvalue weighted by molar-refractivity contribution is 0.318. The highest BCUT2D eigenvalue weighted by atomic mass is 32.2. The smallest absolute Gasteiger partial charge is 0.119 e. The van der Waals surface area contributed by atoms with E-state index < -0.39 is 0 Å². The van der Waals surface area contributed by atoms with Crippen molar-refractivity contribution in [1.82, 2.24) is 9.97 Å². The Kier molecular flexibility index (Phi) is 4.79. The fourth-order valence-electron chi connectivity index (χ4n) is 2.11. The van der Waals surface area contributed by atoms with Gasteiger partial charge in [0, 0.05) is 0 Å². The van der Waals surface area contributed by atoms with Crippen molar-refractivity contribution in [3.05, 3.63) is 60.4 Å². The third-order valence-corrected chi connectivity index (χ3v) is 4.18. The number of aromatic amines is 1. The summed E-state index contributed by atoms with van der Waals surface area (Å²) < 4.78 is 5.67. The molecule has 3 aromatic rings. The van der Waals surface area contributed by atoms with E-state index in [1.165, 1.54) is 0 Å². The number of rotatable bonds is 7. The molecule has 0 aliphatic carbocycles. The van der Waals surface area contributed by atoms with E-state index in [0.29, 0.717) is 0 Å². The Morgan fingerprint density at radius 3 is 2.67 bits per heavy atom. The number of benzene rings is 2. The summed E-state index contributed by atoms with van der Waals surface area (Å²) in [6, 6.07) is 18.1.